The van der Waals surface area contributed by atoms with Crippen molar-refractivity contribution < 1.29 is 14.4 Å². The maximum Gasteiger partial charge on any atom is 0.255 e. The van der Waals surface area contributed by atoms with Crippen LogP contribution in [-0.4, -0.2) is 35.7 Å². The molecule has 1 aliphatic rings. The van der Waals surface area contributed by atoms with Crippen molar-refractivity contribution in [3.8, 4) is 0 Å². The third-order valence-electron chi connectivity index (χ3n) is 4.88. The molecular weight excluding hydrogens is 354 g/mol. The summed E-state index contributed by atoms with van der Waals surface area (Å²) >= 11 is 0. The lowest BCUT2D eigenvalue weighted by atomic mass is 9.98. The molecule has 0 unspecified atom stereocenters. The van der Waals surface area contributed by atoms with Crippen molar-refractivity contribution in [1.82, 2.24) is 4.90 Å². The summed E-state index contributed by atoms with van der Waals surface area (Å²) in [5, 5.41) is 5.49. The summed E-state index contributed by atoms with van der Waals surface area (Å²) < 4.78 is 0. The second-order valence-corrected chi connectivity index (χ2v) is 7.27. The number of hydrogen-bond acceptors (Lipinski definition) is 3. The fourth-order valence-electron chi connectivity index (χ4n) is 3.27. The molecular formula is C22H25N3O3. The van der Waals surface area contributed by atoms with Gasteiger partial charge in [-0.15, -0.1) is 0 Å². The Bertz CT molecular complexity index is 886. The molecule has 0 radical (unpaired) electrons. The number of carbonyl (C=O) groups is 3. The largest absolute Gasteiger partial charge is 0.339 e. The fraction of sp³-hybridized carbons (Fsp3) is 0.318. The van der Waals surface area contributed by atoms with Crippen LogP contribution >= 0.6 is 0 Å². The summed E-state index contributed by atoms with van der Waals surface area (Å²) in [7, 11) is 0. The molecule has 0 spiro atoms. The highest BCUT2D eigenvalue weighted by atomic mass is 16.2. The van der Waals surface area contributed by atoms with Crippen molar-refractivity contribution in [1.29, 1.82) is 0 Å². The monoisotopic (exact) mass is 379 g/mol. The topological polar surface area (TPSA) is 78.5 Å². The number of likely N-dealkylation sites (tertiary alicyclic amines) is 1. The van der Waals surface area contributed by atoms with Gasteiger partial charge in [0.25, 0.3) is 11.8 Å². The first-order valence-corrected chi connectivity index (χ1v) is 9.51. The molecule has 6 heteroatoms. The van der Waals surface area contributed by atoms with Crippen molar-refractivity contribution in [2.75, 3.05) is 23.7 Å². The summed E-state index contributed by atoms with van der Waals surface area (Å²) in [5.41, 5.74) is 2.11. The number of anilines is 2. The molecule has 2 aromatic carbocycles. The third kappa shape index (κ3) is 4.97. The molecule has 0 aliphatic carbocycles. The number of carbonyl (C=O) groups excluding carboxylic acids is 3. The lowest BCUT2D eigenvalue weighted by molar-refractivity contribution is -0.114. The van der Waals surface area contributed by atoms with Crippen LogP contribution in [0.1, 0.15) is 47.4 Å². The van der Waals surface area contributed by atoms with Crippen molar-refractivity contribution in [2.45, 2.75) is 26.7 Å². The van der Waals surface area contributed by atoms with E-state index in [2.05, 4.69) is 17.6 Å². The van der Waals surface area contributed by atoms with Gasteiger partial charge in [-0.2, -0.15) is 0 Å². The Morgan fingerprint density at radius 2 is 1.50 bits per heavy atom. The number of nitrogens with one attached hydrogen (secondary N) is 2. The minimum atomic E-state index is -0.304. The molecule has 2 aromatic rings. The van der Waals surface area contributed by atoms with E-state index < -0.39 is 0 Å². The molecule has 1 fully saturated rings. The van der Waals surface area contributed by atoms with Crippen LogP contribution in [0.25, 0.3) is 0 Å². The van der Waals surface area contributed by atoms with Crippen LogP contribution in [0.4, 0.5) is 11.4 Å². The van der Waals surface area contributed by atoms with Crippen LogP contribution in [0.3, 0.4) is 0 Å². The molecule has 1 saturated heterocycles. The third-order valence-corrected chi connectivity index (χ3v) is 4.88. The van der Waals surface area contributed by atoms with Crippen LogP contribution < -0.4 is 10.6 Å². The minimum absolute atomic E-state index is 0.0331. The van der Waals surface area contributed by atoms with Crippen LogP contribution in [0.5, 0.6) is 0 Å². The predicted octanol–water partition coefficient (Wildman–Crippen LogP) is 3.77. The SMILES string of the molecule is CC(=O)Nc1cccc(NC(=O)c2cccc(C(=O)N3CCC(C)CC3)c2)c1. The van der Waals surface area contributed by atoms with Crippen molar-refractivity contribution >= 4 is 29.1 Å². The van der Waals surface area contributed by atoms with Gasteiger partial charge in [-0.25, -0.2) is 0 Å². The first-order valence-electron chi connectivity index (χ1n) is 9.51. The van der Waals surface area contributed by atoms with E-state index in [0.29, 0.717) is 28.4 Å². The number of amides is 3. The molecule has 6 nitrogen and oxygen atoms in total. The zero-order chi connectivity index (χ0) is 20.1. The lowest BCUT2D eigenvalue weighted by Gasteiger charge is -2.30. The van der Waals surface area contributed by atoms with Gasteiger partial charge in [-0.3, -0.25) is 14.4 Å². The standard InChI is InChI=1S/C22H25N3O3/c1-15-9-11-25(12-10-15)22(28)18-6-3-5-17(13-18)21(27)24-20-8-4-7-19(14-20)23-16(2)26/h3-8,13-15H,9-12H2,1-2H3,(H,23,26)(H,24,27). The maximum atomic E-state index is 12.7. The molecule has 2 N–H and O–H groups in total. The number of piperidine rings is 1. The molecule has 1 aliphatic heterocycles. The molecule has 1 heterocycles. The Morgan fingerprint density at radius 1 is 0.893 bits per heavy atom. The Morgan fingerprint density at radius 3 is 2.18 bits per heavy atom. The second-order valence-electron chi connectivity index (χ2n) is 7.27. The number of hydrogen-bond donors (Lipinski definition) is 2. The van der Waals surface area contributed by atoms with Gasteiger partial charge < -0.3 is 15.5 Å². The van der Waals surface area contributed by atoms with Gasteiger partial charge in [0, 0.05) is 42.5 Å². The van der Waals surface area contributed by atoms with E-state index in [-0.39, 0.29) is 17.7 Å². The molecule has 28 heavy (non-hydrogen) atoms. The zero-order valence-corrected chi connectivity index (χ0v) is 16.2. The average molecular weight is 379 g/mol. The van der Waals surface area contributed by atoms with E-state index in [1.807, 2.05) is 4.90 Å². The highest BCUT2D eigenvalue weighted by Crippen LogP contribution is 2.20. The quantitative estimate of drug-likeness (QED) is 0.849. The van der Waals surface area contributed by atoms with Gasteiger partial charge in [0.05, 0.1) is 0 Å². The maximum absolute atomic E-state index is 12.7. The summed E-state index contributed by atoms with van der Waals surface area (Å²) in [6.07, 6.45) is 2.02. The van der Waals surface area contributed by atoms with Crippen LogP contribution in [0.2, 0.25) is 0 Å². The molecule has 0 aromatic heterocycles. The first kappa shape index (κ1) is 19.6. The highest BCUT2D eigenvalue weighted by Gasteiger charge is 2.22. The molecule has 146 valence electrons. The second kappa shape index (κ2) is 8.69. The van der Waals surface area contributed by atoms with E-state index in [1.165, 1.54) is 6.92 Å². The number of rotatable bonds is 4. The van der Waals surface area contributed by atoms with Crippen molar-refractivity contribution in [2.24, 2.45) is 5.92 Å². The van der Waals surface area contributed by atoms with Crippen molar-refractivity contribution in [3.05, 3.63) is 59.7 Å². The van der Waals surface area contributed by atoms with Gasteiger partial charge >= 0.3 is 0 Å². The van der Waals surface area contributed by atoms with E-state index in [1.54, 1.807) is 48.5 Å². The summed E-state index contributed by atoms with van der Waals surface area (Å²) in [4.78, 5) is 38.4. The minimum Gasteiger partial charge on any atom is -0.339 e. The van der Waals surface area contributed by atoms with Crippen LogP contribution in [-0.2, 0) is 4.79 Å². The Kier molecular flexibility index (Phi) is 6.09. The Hall–Kier alpha value is -3.15. The fourth-order valence-corrected chi connectivity index (χ4v) is 3.27. The van der Waals surface area contributed by atoms with E-state index in [0.717, 1.165) is 25.9 Å². The normalized spacial score (nSPS) is 14.4. The average Bonchev–Trinajstić information content (AvgIpc) is 2.68. The summed E-state index contributed by atoms with van der Waals surface area (Å²) in [6.45, 7) is 5.14. The lowest BCUT2D eigenvalue weighted by Crippen LogP contribution is -2.38. The van der Waals surface area contributed by atoms with E-state index in [9.17, 15) is 14.4 Å². The molecule has 0 atom stereocenters. The predicted molar refractivity (Wildman–Crippen MR) is 109 cm³/mol. The Labute approximate surface area is 164 Å². The zero-order valence-electron chi connectivity index (χ0n) is 16.2. The van der Waals surface area contributed by atoms with Gasteiger partial charge in [-0.05, 0) is 55.2 Å². The van der Waals surface area contributed by atoms with Gasteiger partial charge in [0.15, 0.2) is 0 Å². The molecule has 0 bridgehead atoms. The molecule has 3 rings (SSSR count). The van der Waals surface area contributed by atoms with Gasteiger partial charge in [0.2, 0.25) is 5.91 Å². The highest BCUT2D eigenvalue weighted by molar-refractivity contribution is 6.06. The number of benzene rings is 2. The number of nitrogens with zero attached hydrogens (tertiary/aromatic N) is 1. The molecule has 0 saturated carbocycles. The van der Waals surface area contributed by atoms with Crippen LogP contribution in [0.15, 0.2) is 48.5 Å². The summed E-state index contributed by atoms with van der Waals surface area (Å²) in [6, 6.07) is 13.7. The van der Waals surface area contributed by atoms with Crippen LogP contribution in [0, 0.1) is 5.92 Å². The van der Waals surface area contributed by atoms with Gasteiger partial charge in [0.1, 0.15) is 0 Å². The molecule has 3 amide bonds. The summed E-state index contributed by atoms with van der Waals surface area (Å²) in [5.74, 6) is 0.132. The Balaban J connectivity index is 1.70. The van der Waals surface area contributed by atoms with E-state index in [4.69, 9.17) is 0 Å². The smallest absolute Gasteiger partial charge is 0.255 e. The van der Waals surface area contributed by atoms with Crippen molar-refractivity contribution in [3.63, 3.8) is 0 Å². The first-order chi connectivity index (χ1) is 13.4. The van der Waals surface area contributed by atoms with E-state index >= 15 is 0 Å². The van der Waals surface area contributed by atoms with Gasteiger partial charge in [-0.1, -0.05) is 19.1 Å².